The minimum Gasteiger partial charge on any atom is -0.480 e. The standard InChI is InChI=1S/C17H19N5O2/c1-23-17-15-10-14(2-3-16(15)18-12-19-17)22-7-5-21(6-8-22)11-13-4-9-24-20-13/h2-4,9-10,12H,5-8,11H2,1H3. The molecule has 0 unspecified atom stereocenters. The van der Waals surface area contributed by atoms with Gasteiger partial charge in [-0.3, -0.25) is 4.90 Å². The molecular weight excluding hydrogens is 306 g/mol. The monoisotopic (exact) mass is 325 g/mol. The second-order valence-electron chi connectivity index (χ2n) is 5.84. The van der Waals surface area contributed by atoms with E-state index in [4.69, 9.17) is 9.26 Å². The number of nitrogens with zero attached hydrogens (tertiary/aromatic N) is 5. The molecule has 0 aliphatic carbocycles. The molecule has 4 rings (SSSR count). The maximum atomic E-state index is 5.35. The summed E-state index contributed by atoms with van der Waals surface area (Å²) in [4.78, 5) is 13.3. The molecule has 124 valence electrons. The number of hydrogen-bond acceptors (Lipinski definition) is 7. The molecule has 1 fully saturated rings. The van der Waals surface area contributed by atoms with Crippen molar-refractivity contribution in [3.8, 4) is 5.88 Å². The molecule has 0 bridgehead atoms. The summed E-state index contributed by atoms with van der Waals surface area (Å²) < 4.78 is 10.3. The summed E-state index contributed by atoms with van der Waals surface area (Å²) in [6.45, 7) is 4.77. The summed E-state index contributed by atoms with van der Waals surface area (Å²) in [6, 6.07) is 8.17. The van der Waals surface area contributed by atoms with Crippen molar-refractivity contribution in [3.05, 3.63) is 42.5 Å². The SMILES string of the molecule is COc1ncnc2ccc(N3CCN(Cc4ccon4)CC3)cc12. The van der Waals surface area contributed by atoms with Crippen molar-refractivity contribution in [2.24, 2.45) is 0 Å². The van der Waals surface area contributed by atoms with Crippen LogP contribution in [0.5, 0.6) is 5.88 Å². The predicted octanol–water partition coefficient (Wildman–Crippen LogP) is 1.95. The van der Waals surface area contributed by atoms with Crippen molar-refractivity contribution in [3.63, 3.8) is 0 Å². The molecule has 0 radical (unpaired) electrons. The molecular formula is C17H19N5O2. The number of fused-ring (bicyclic) bond motifs is 1. The Morgan fingerprint density at radius 1 is 1.12 bits per heavy atom. The summed E-state index contributed by atoms with van der Waals surface area (Å²) >= 11 is 0. The minimum absolute atomic E-state index is 0.617. The first-order valence-electron chi connectivity index (χ1n) is 7.99. The molecule has 0 spiro atoms. The van der Waals surface area contributed by atoms with E-state index >= 15 is 0 Å². The fourth-order valence-corrected chi connectivity index (χ4v) is 3.09. The third-order valence-electron chi connectivity index (χ3n) is 4.39. The Labute approximate surface area is 139 Å². The van der Waals surface area contributed by atoms with Crippen molar-refractivity contribution in [1.29, 1.82) is 0 Å². The average molecular weight is 325 g/mol. The topological polar surface area (TPSA) is 67.5 Å². The second-order valence-corrected chi connectivity index (χ2v) is 5.84. The number of hydrogen-bond donors (Lipinski definition) is 0. The second kappa shape index (κ2) is 6.45. The fraction of sp³-hybridized carbons (Fsp3) is 0.353. The predicted molar refractivity (Wildman–Crippen MR) is 90.1 cm³/mol. The summed E-state index contributed by atoms with van der Waals surface area (Å²) in [5, 5.41) is 4.93. The molecule has 3 aromatic rings. The van der Waals surface area contributed by atoms with E-state index in [-0.39, 0.29) is 0 Å². The Kier molecular flexibility index (Phi) is 4.00. The zero-order valence-electron chi connectivity index (χ0n) is 13.6. The van der Waals surface area contributed by atoms with Gasteiger partial charge in [-0.1, -0.05) is 5.16 Å². The van der Waals surface area contributed by atoms with Gasteiger partial charge >= 0.3 is 0 Å². The summed E-state index contributed by atoms with van der Waals surface area (Å²) in [6.07, 6.45) is 3.15. The van der Waals surface area contributed by atoms with E-state index in [1.807, 2.05) is 12.1 Å². The molecule has 1 saturated heterocycles. The number of benzene rings is 1. The van der Waals surface area contributed by atoms with Crippen LogP contribution in [0.2, 0.25) is 0 Å². The smallest absolute Gasteiger partial charge is 0.224 e. The van der Waals surface area contributed by atoms with Gasteiger partial charge in [0.25, 0.3) is 0 Å². The van der Waals surface area contributed by atoms with Crippen LogP contribution in [0.3, 0.4) is 0 Å². The quantitative estimate of drug-likeness (QED) is 0.726. The lowest BCUT2D eigenvalue weighted by atomic mass is 10.2. The van der Waals surface area contributed by atoms with E-state index in [1.54, 1.807) is 13.4 Å². The molecule has 0 saturated carbocycles. The van der Waals surface area contributed by atoms with E-state index in [0.29, 0.717) is 5.88 Å². The van der Waals surface area contributed by atoms with E-state index in [0.717, 1.165) is 49.3 Å². The first-order chi connectivity index (χ1) is 11.8. The maximum Gasteiger partial charge on any atom is 0.224 e. The van der Waals surface area contributed by atoms with Gasteiger partial charge in [0.15, 0.2) is 0 Å². The maximum absolute atomic E-state index is 5.35. The largest absolute Gasteiger partial charge is 0.480 e. The van der Waals surface area contributed by atoms with Gasteiger partial charge in [-0.05, 0) is 18.2 Å². The molecule has 2 aromatic heterocycles. The van der Waals surface area contributed by atoms with E-state index in [2.05, 4.69) is 37.1 Å². The highest BCUT2D eigenvalue weighted by Crippen LogP contribution is 2.27. The average Bonchev–Trinajstić information content (AvgIpc) is 3.14. The summed E-state index contributed by atoms with van der Waals surface area (Å²) in [5.74, 6) is 0.617. The highest BCUT2D eigenvalue weighted by molar-refractivity contribution is 5.86. The lowest BCUT2D eigenvalue weighted by molar-refractivity contribution is 0.242. The number of aromatic nitrogens is 3. The third kappa shape index (κ3) is 2.90. The molecule has 7 heteroatoms. The Balaban J connectivity index is 1.48. The van der Waals surface area contributed by atoms with Crippen LogP contribution < -0.4 is 9.64 Å². The van der Waals surface area contributed by atoms with Gasteiger partial charge in [-0.25, -0.2) is 9.97 Å². The van der Waals surface area contributed by atoms with Crippen molar-refractivity contribution < 1.29 is 9.26 Å². The molecule has 24 heavy (non-hydrogen) atoms. The fourth-order valence-electron chi connectivity index (χ4n) is 3.09. The van der Waals surface area contributed by atoms with Crippen molar-refractivity contribution >= 4 is 16.6 Å². The Bertz CT molecular complexity index is 813. The van der Waals surface area contributed by atoms with Crippen molar-refractivity contribution in [1.82, 2.24) is 20.0 Å². The van der Waals surface area contributed by atoms with Gasteiger partial charge in [0, 0.05) is 44.5 Å². The Morgan fingerprint density at radius 2 is 2.00 bits per heavy atom. The lowest BCUT2D eigenvalue weighted by Gasteiger charge is -2.35. The van der Waals surface area contributed by atoms with Crippen LogP contribution in [-0.4, -0.2) is 53.3 Å². The van der Waals surface area contributed by atoms with Gasteiger partial charge in [0.2, 0.25) is 5.88 Å². The van der Waals surface area contributed by atoms with Crippen LogP contribution >= 0.6 is 0 Å². The van der Waals surface area contributed by atoms with Gasteiger partial charge < -0.3 is 14.2 Å². The number of piperazine rings is 1. The summed E-state index contributed by atoms with van der Waals surface area (Å²) in [5.41, 5.74) is 3.06. The number of ether oxygens (including phenoxy) is 1. The zero-order valence-corrected chi connectivity index (χ0v) is 13.6. The molecule has 1 aromatic carbocycles. The summed E-state index contributed by atoms with van der Waals surface area (Å²) in [7, 11) is 1.64. The first kappa shape index (κ1) is 14.9. The van der Waals surface area contributed by atoms with Crippen LogP contribution in [0, 0.1) is 0 Å². The van der Waals surface area contributed by atoms with Crippen molar-refractivity contribution in [2.75, 3.05) is 38.2 Å². The normalized spacial score (nSPS) is 15.8. The molecule has 3 heterocycles. The molecule has 0 N–H and O–H groups in total. The van der Waals surface area contributed by atoms with Crippen LogP contribution in [0.25, 0.3) is 10.9 Å². The van der Waals surface area contributed by atoms with E-state index < -0.39 is 0 Å². The molecule has 0 atom stereocenters. The van der Waals surface area contributed by atoms with Gasteiger partial charge in [-0.15, -0.1) is 0 Å². The highest BCUT2D eigenvalue weighted by Gasteiger charge is 2.19. The van der Waals surface area contributed by atoms with Crippen LogP contribution in [-0.2, 0) is 6.54 Å². The van der Waals surface area contributed by atoms with Crippen molar-refractivity contribution in [2.45, 2.75) is 6.54 Å². The number of rotatable bonds is 4. The Morgan fingerprint density at radius 3 is 2.75 bits per heavy atom. The van der Waals surface area contributed by atoms with Crippen LogP contribution in [0.1, 0.15) is 5.69 Å². The lowest BCUT2D eigenvalue weighted by Crippen LogP contribution is -2.46. The molecule has 1 aliphatic heterocycles. The van der Waals surface area contributed by atoms with E-state index in [9.17, 15) is 0 Å². The van der Waals surface area contributed by atoms with Gasteiger partial charge in [0.05, 0.1) is 23.7 Å². The van der Waals surface area contributed by atoms with Crippen LogP contribution in [0.4, 0.5) is 5.69 Å². The van der Waals surface area contributed by atoms with Gasteiger partial charge in [-0.2, -0.15) is 0 Å². The number of anilines is 1. The third-order valence-corrected chi connectivity index (χ3v) is 4.39. The molecule has 1 aliphatic rings. The molecule has 7 nitrogen and oxygen atoms in total. The van der Waals surface area contributed by atoms with E-state index in [1.165, 1.54) is 12.0 Å². The van der Waals surface area contributed by atoms with Gasteiger partial charge in [0.1, 0.15) is 12.6 Å². The highest BCUT2D eigenvalue weighted by atomic mass is 16.5. The minimum atomic E-state index is 0.617. The molecule has 0 amide bonds. The first-order valence-corrected chi connectivity index (χ1v) is 7.99. The zero-order chi connectivity index (χ0) is 16.4. The number of methoxy groups -OCH3 is 1. The van der Waals surface area contributed by atoms with Crippen LogP contribution in [0.15, 0.2) is 41.4 Å². The Hall–Kier alpha value is -2.67.